The lowest BCUT2D eigenvalue weighted by atomic mass is 10.2. The zero-order chi connectivity index (χ0) is 19.5. The molecule has 1 saturated heterocycles. The highest BCUT2D eigenvalue weighted by Gasteiger charge is 2.21. The summed E-state index contributed by atoms with van der Waals surface area (Å²) in [6.45, 7) is 2.19. The fraction of sp³-hybridized carbons (Fsp3) is 0.368. The molecule has 0 radical (unpaired) electrons. The molecule has 3 heterocycles. The first-order valence-electron chi connectivity index (χ1n) is 9.09. The first kappa shape index (κ1) is 18.5. The lowest BCUT2D eigenvalue weighted by molar-refractivity contribution is 0.0941. The van der Waals surface area contributed by atoms with Crippen LogP contribution in [0.1, 0.15) is 16.2 Å². The fourth-order valence-electron chi connectivity index (χ4n) is 3.13. The molecule has 0 saturated carbocycles. The zero-order valence-corrected chi connectivity index (χ0v) is 16.7. The number of nitrogens with zero attached hydrogens (tertiary/aromatic N) is 5. The van der Waals surface area contributed by atoms with Gasteiger partial charge in [0.25, 0.3) is 5.91 Å². The highest BCUT2D eigenvalue weighted by molar-refractivity contribution is 7.99. The molecule has 3 aromatic rings. The van der Waals surface area contributed by atoms with Gasteiger partial charge in [0.05, 0.1) is 12.5 Å². The van der Waals surface area contributed by atoms with Crippen molar-refractivity contribution in [2.24, 2.45) is 7.05 Å². The van der Waals surface area contributed by atoms with Crippen molar-refractivity contribution in [3.63, 3.8) is 0 Å². The van der Waals surface area contributed by atoms with Gasteiger partial charge in [0.2, 0.25) is 5.82 Å². The molecule has 1 aromatic carbocycles. The van der Waals surface area contributed by atoms with Gasteiger partial charge in [-0.1, -0.05) is 12.1 Å². The van der Waals surface area contributed by atoms with Gasteiger partial charge in [-0.15, -0.1) is 0 Å². The second kappa shape index (κ2) is 8.05. The number of ether oxygens (including phenoxy) is 1. The van der Waals surface area contributed by atoms with Crippen LogP contribution in [-0.2, 0) is 13.6 Å². The number of methoxy groups -OCH3 is 1. The van der Waals surface area contributed by atoms with E-state index in [1.165, 1.54) is 0 Å². The average molecular weight is 398 g/mol. The SMILES string of the molecule is COc1ccc(CNC(=O)c2nc(N3CCSCC3)c3cn(C)nc3n2)cc1. The maximum atomic E-state index is 12.7. The predicted molar refractivity (Wildman–Crippen MR) is 110 cm³/mol. The van der Waals surface area contributed by atoms with Gasteiger partial charge in [0.15, 0.2) is 5.65 Å². The summed E-state index contributed by atoms with van der Waals surface area (Å²) in [7, 11) is 3.47. The standard InChI is InChI=1S/C19H22N6O2S/c1-24-12-15-16(23-24)21-17(22-18(15)25-7-9-28-10-8-25)19(26)20-11-13-3-5-14(27-2)6-4-13/h3-6,12H,7-11H2,1-2H3,(H,20,26). The molecule has 1 aliphatic heterocycles. The van der Waals surface area contributed by atoms with Crippen LogP contribution in [0.5, 0.6) is 5.75 Å². The third kappa shape index (κ3) is 3.89. The van der Waals surface area contributed by atoms with E-state index in [9.17, 15) is 4.79 Å². The number of carbonyl (C=O) groups excluding carboxylic acids is 1. The van der Waals surface area contributed by atoms with Crippen LogP contribution in [0.15, 0.2) is 30.5 Å². The summed E-state index contributed by atoms with van der Waals surface area (Å²) in [6.07, 6.45) is 1.91. The number of nitrogens with one attached hydrogen (secondary N) is 1. The number of rotatable bonds is 5. The number of anilines is 1. The highest BCUT2D eigenvalue weighted by atomic mass is 32.2. The molecule has 2 aromatic heterocycles. The monoisotopic (exact) mass is 398 g/mol. The topological polar surface area (TPSA) is 85.2 Å². The molecule has 0 atom stereocenters. The van der Waals surface area contributed by atoms with Crippen molar-refractivity contribution in [1.82, 2.24) is 25.1 Å². The molecule has 0 aliphatic carbocycles. The third-order valence-electron chi connectivity index (χ3n) is 4.60. The van der Waals surface area contributed by atoms with Gasteiger partial charge in [0, 0.05) is 44.4 Å². The normalized spacial score (nSPS) is 14.3. The predicted octanol–water partition coefficient (Wildman–Crippen LogP) is 1.86. The summed E-state index contributed by atoms with van der Waals surface area (Å²) in [4.78, 5) is 23.9. The van der Waals surface area contributed by atoms with Crippen LogP contribution in [0.3, 0.4) is 0 Å². The number of aromatic nitrogens is 4. The lowest BCUT2D eigenvalue weighted by Gasteiger charge is -2.27. The van der Waals surface area contributed by atoms with Crippen molar-refractivity contribution >= 4 is 34.5 Å². The Balaban J connectivity index is 1.57. The van der Waals surface area contributed by atoms with Gasteiger partial charge in [-0.05, 0) is 17.7 Å². The van der Waals surface area contributed by atoms with E-state index >= 15 is 0 Å². The summed E-state index contributed by atoms with van der Waals surface area (Å²) < 4.78 is 6.86. The minimum atomic E-state index is -0.309. The van der Waals surface area contributed by atoms with Gasteiger partial charge in [-0.2, -0.15) is 16.9 Å². The second-order valence-electron chi connectivity index (χ2n) is 6.54. The number of aryl methyl sites for hydroxylation is 1. The molecule has 146 valence electrons. The minimum Gasteiger partial charge on any atom is -0.497 e. The summed E-state index contributed by atoms with van der Waals surface area (Å²) in [5, 5.41) is 8.16. The molecule has 0 bridgehead atoms. The van der Waals surface area contributed by atoms with E-state index < -0.39 is 0 Å². The van der Waals surface area contributed by atoms with Crippen LogP contribution >= 0.6 is 11.8 Å². The van der Waals surface area contributed by atoms with E-state index in [2.05, 4.69) is 25.3 Å². The van der Waals surface area contributed by atoms with E-state index in [-0.39, 0.29) is 11.7 Å². The Bertz CT molecular complexity index is 982. The van der Waals surface area contributed by atoms with E-state index in [0.717, 1.165) is 47.1 Å². The smallest absolute Gasteiger partial charge is 0.289 e. The minimum absolute atomic E-state index is 0.146. The number of benzene rings is 1. The molecule has 9 heteroatoms. The average Bonchev–Trinajstić information content (AvgIpc) is 3.12. The van der Waals surface area contributed by atoms with Crippen LogP contribution < -0.4 is 15.0 Å². The van der Waals surface area contributed by atoms with Gasteiger partial charge in [-0.3, -0.25) is 9.48 Å². The highest BCUT2D eigenvalue weighted by Crippen LogP contribution is 2.25. The van der Waals surface area contributed by atoms with Gasteiger partial charge >= 0.3 is 0 Å². The van der Waals surface area contributed by atoms with Crippen molar-refractivity contribution in [2.45, 2.75) is 6.54 Å². The van der Waals surface area contributed by atoms with Crippen molar-refractivity contribution in [3.05, 3.63) is 41.9 Å². The van der Waals surface area contributed by atoms with Crippen LogP contribution in [0.4, 0.5) is 5.82 Å². The first-order valence-corrected chi connectivity index (χ1v) is 10.2. The summed E-state index contributed by atoms with van der Waals surface area (Å²) in [5.74, 6) is 3.50. The molecule has 28 heavy (non-hydrogen) atoms. The summed E-state index contributed by atoms with van der Waals surface area (Å²) >= 11 is 1.93. The molecule has 0 unspecified atom stereocenters. The Morgan fingerprint density at radius 2 is 1.96 bits per heavy atom. The van der Waals surface area contributed by atoms with Crippen molar-refractivity contribution < 1.29 is 9.53 Å². The number of carbonyl (C=O) groups is 1. The van der Waals surface area contributed by atoms with Gasteiger partial charge < -0.3 is 15.0 Å². The molecule has 1 N–H and O–H groups in total. The van der Waals surface area contributed by atoms with Crippen molar-refractivity contribution in [1.29, 1.82) is 0 Å². The zero-order valence-electron chi connectivity index (χ0n) is 15.9. The van der Waals surface area contributed by atoms with Crippen LogP contribution in [-0.4, -0.2) is 57.4 Å². The summed E-state index contributed by atoms with van der Waals surface area (Å²) in [5.41, 5.74) is 1.52. The third-order valence-corrected chi connectivity index (χ3v) is 5.54. The number of amides is 1. The first-order chi connectivity index (χ1) is 13.6. The molecule has 1 amide bonds. The number of fused-ring (bicyclic) bond motifs is 1. The van der Waals surface area contributed by atoms with Crippen molar-refractivity contribution in [3.8, 4) is 5.75 Å². The van der Waals surface area contributed by atoms with Gasteiger partial charge in [-0.25, -0.2) is 9.97 Å². The molecule has 8 nitrogen and oxygen atoms in total. The Morgan fingerprint density at radius 1 is 1.21 bits per heavy atom. The van der Waals surface area contributed by atoms with E-state index in [1.54, 1.807) is 11.8 Å². The van der Waals surface area contributed by atoms with Gasteiger partial charge in [0.1, 0.15) is 11.6 Å². The van der Waals surface area contributed by atoms with Crippen LogP contribution in [0.2, 0.25) is 0 Å². The molecule has 0 spiro atoms. The fourth-order valence-corrected chi connectivity index (χ4v) is 4.03. The van der Waals surface area contributed by atoms with E-state index in [0.29, 0.717) is 12.2 Å². The van der Waals surface area contributed by atoms with E-state index in [4.69, 9.17) is 4.74 Å². The van der Waals surface area contributed by atoms with E-state index in [1.807, 2.05) is 49.3 Å². The molecular formula is C19H22N6O2S. The van der Waals surface area contributed by atoms with Crippen molar-refractivity contribution in [2.75, 3.05) is 36.6 Å². The maximum Gasteiger partial charge on any atom is 0.289 e. The molecule has 1 fully saturated rings. The molecule has 4 rings (SSSR count). The number of hydrogen-bond acceptors (Lipinski definition) is 7. The number of hydrogen-bond donors (Lipinski definition) is 1. The Labute approximate surface area is 167 Å². The quantitative estimate of drug-likeness (QED) is 0.702. The lowest BCUT2D eigenvalue weighted by Crippen LogP contribution is -2.34. The Morgan fingerprint density at radius 3 is 2.68 bits per heavy atom. The van der Waals surface area contributed by atoms with Crippen LogP contribution in [0, 0.1) is 0 Å². The van der Waals surface area contributed by atoms with Crippen LogP contribution in [0.25, 0.3) is 11.0 Å². The summed E-state index contributed by atoms with van der Waals surface area (Å²) in [6, 6.07) is 7.56. The molecular weight excluding hydrogens is 376 g/mol. The number of thioether (sulfide) groups is 1. The largest absolute Gasteiger partial charge is 0.497 e. The molecule has 1 aliphatic rings. The Kier molecular flexibility index (Phi) is 5.34. The Hall–Kier alpha value is -2.81. The second-order valence-corrected chi connectivity index (χ2v) is 7.77. The maximum absolute atomic E-state index is 12.7.